The summed E-state index contributed by atoms with van der Waals surface area (Å²) in [4.78, 5) is 4.22. The lowest BCUT2D eigenvalue weighted by Crippen LogP contribution is -1.90. The summed E-state index contributed by atoms with van der Waals surface area (Å²) in [5.41, 5.74) is 1.81. The standard InChI is InChI=1S/C14H12N2O2/c1-15-10-2-4-11(5-3-10)18-14-12-7-9-17-13(12)6-8-16-14/h2-9,15H,1H3. The average Bonchev–Trinajstić information content (AvgIpc) is 2.89. The lowest BCUT2D eigenvalue weighted by atomic mass is 10.3. The van der Waals surface area contributed by atoms with E-state index in [1.807, 2.05) is 43.4 Å². The molecule has 0 fully saturated rings. The Morgan fingerprint density at radius 3 is 2.72 bits per heavy atom. The molecule has 0 atom stereocenters. The van der Waals surface area contributed by atoms with E-state index in [9.17, 15) is 0 Å². The van der Waals surface area contributed by atoms with E-state index in [1.54, 1.807) is 12.5 Å². The van der Waals surface area contributed by atoms with Gasteiger partial charge in [0, 0.05) is 18.9 Å². The largest absolute Gasteiger partial charge is 0.464 e. The van der Waals surface area contributed by atoms with Gasteiger partial charge in [-0.25, -0.2) is 4.98 Å². The molecule has 1 aromatic carbocycles. The maximum Gasteiger partial charge on any atom is 0.230 e. The molecule has 3 aromatic rings. The number of fused-ring (bicyclic) bond motifs is 1. The van der Waals surface area contributed by atoms with Crippen LogP contribution in [0.15, 0.2) is 53.3 Å². The molecule has 2 heterocycles. The van der Waals surface area contributed by atoms with E-state index in [-0.39, 0.29) is 0 Å². The van der Waals surface area contributed by atoms with Crippen molar-refractivity contribution in [3.63, 3.8) is 0 Å². The molecule has 0 unspecified atom stereocenters. The van der Waals surface area contributed by atoms with Crippen LogP contribution in [0.25, 0.3) is 11.0 Å². The molecular weight excluding hydrogens is 228 g/mol. The van der Waals surface area contributed by atoms with Gasteiger partial charge in [0.2, 0.25) is 5.88 Å². The summed E-state index contributed by atoms with van der Waals surface area (Å²) in [5.74, 6) is 1.30. The van der Waals surface area contributed by atoms with Crippen LogP contribution in [-0.2, 0) is 0 Å². The quantitative estimate of drug-likeness (QED) is 0.758. The molecule has 0 aliphatic rings. The van der Waals surface area contributed by atoms with Gasteiger partial charge in [-0.05, 0) is 36.4 Å². The normalized spacial score (nSPS) is 10.5. The van der Waals surface area contributed by atoms with Gasteiger partial charge >= 0.3 is 0 Å². The fourth-order valence-corrected chi connectivity index (χ4v) is 1.75. The van der Waals surface area contributed by atoms with Gasteiger partial charge in [-0.1, -0.05) is 0 Å². The molecule has 4 nitrogen and oxygen atoms in total. The van der Waals surface area contributed by atoms with Crippen molar-refractivity contribution in [3.05, 3.63) is 48.9 Å². The molecule has 90 valence electrons. The van der Waals surface area contributed by atoms with Crippen molar-refractivity contribution >= 4 is 16.7 Å². The van der Waals surface area contributed by atoms with Crippen molar-refractivity contribution < 1.29 is 9.15 Å². The maximum atomic E-state index is 5.75. The predicted octanol–water partition coefficient (Wildman–Crippen LogP) is 3.66. The van der Waals surface area contributed by atoms with E-state index < -0.39 is 0 Å². The minimum Gasteiger partial charge on any atom is -0.464 e. The summed E-state index contributed by atoms with van der Waals surface area (Å²) in [7, 11) is 1.88. The number of nitrogens with one attached hydrogen (secondary N) is 1. The first-order valence-corrected chi connectivity index (χ1v) is 5.65. The third kappa shape index (κ3) is 1.88. The first-order chi connectivity index (χ1) is 8.86. The van der Waals surface area contributed by atoms with E-state index in [0.717, 1.165) is 22.4 Å². The Morgan fingerprint density at radius 1 is 1.11 bits per heavy atom. The van der Waals surface area contributed by atoms with Crippen LogP contribution in [0.2, 0.25) is 0 Å². The molecule has 4 heteroatoms. The summed E-state index contributed by atoms with van der Waals surface area (Å²) in [6.07, 6.45) is 3.30. The summed E-state index contributed by atoms with van der Waals surface area (Å²) in [6.45, 7) is 0. The van der Waals surface area contributed by atoms with E-state index in [2.05, 4.69) is 10.3 Å². The Kier molecular flexibility index (Phi) is 2.61. The zero-order valence-electron chi connectivity index (χ0n) is 9.88. The summed E-state index contributed by atoms with van der Waals surface area (Å²) in [6, 6.07) is 11.3. The molecule has 0 saturated heterocycles. The molecule has 0 radical (unpaired) electrons. The second-order valence-electron chi connectivity index (χ2n) is 3.82. The van der Waals surface area contributed by atoms with Crippen LogP contribution in [0.1, 0.15) is 0 Å². The van der Waals surface area contributed by atoms with Crippen molar-refractivity contribution in [2.24, 2.45) is 0 Å². The Hall–Kier alpha value is -2.49. The van der Waals surface area contributed by atoms with Crippen molar-refractivity contribution in [1.29, 1.82) is 0 Å². The van der Waals surface area contributed by atoms with E-state index >= 15 is 0 Å². The van der Waals surface area contributed by atoms with Gasteiger partial charge in [0.25, 0.3) is 0 Å². The third-order valence-electron chi connectivity index (χ3n) is 2.70. The minimum absolute atomic E-state index is 0.554. The number of pyridine rings is 1. The number of nitrogens with zero attached hydrogens (tertiary/aromatic N) is 1. The molecule has 0 aliphatic carbocycles. The maximum absolute atomic E-state index is 5.75. The molecule has 0 saturated carbocycles. The minimum atomic E-state index is 0.554. The molecule has 2 aromatic heterocycles. The van der Waals surface area contributed by atoms with Crippen molar-refractivity contribution in [3.8, 4) is 11.6 Å². The van der Waals surface area contributed by atoms with Crippen LogP contribution in [0.4, 0.5) is 5.69 Å². The Bertz CT molecular complexity index is 659. The Morgan fingerprint density at radius 2 is 1.94 bits per heavy atom. The van der Waals surface area contributed by atoms with Gasteiger partial charge in [-0.3, -0.25) is 0 Å². The highest BCUT2D eigenvalue weighted by molar-refractivity contribution is 5.82. The van der Waals surface area contributed by atoms with E-state index in [0.29, 0.717) is 5.88 Å². The van der Waals surface area contributed by atoms with E-state index in [4.69, 9.17) is 9.15 Å². The van der Waals surface area contributed by atoms with Crippen LogP contribution in [0, 0.1) is 0 Å². The van der Waals surface area contributed by atoms with Crippen molar-refractivity contribution in [2.45, 2.75) is 0 Å². The number of hydrogen-bond acceptors (Lipinski definition) is 4. The molecule has 0 aliphatic heterocycles. The molecular formula is C14H12N2O2. The highest BCUT2D eigenvalue weighted by Crippen LogP contribution is 2.28. The molecule has 0 spiro atoms. The SMILES string of the molecule is CNc1ccc(Oc2nccc3occc23)cc1. The van der Waals surface area contributed by atoms with Crippen molar-refractivity contribution in [1.82, 2.24) is 4.98 Å². The molecule has 0 bridgehead atoms. The monoisotopic (exact) mass is 240 g/mol. The zero-order valence-corrected chi connectivity index (χ0v) is 9.88. The first-order valence-electron chi connectivity index (χ1n) is 5.65. The third-order valence-corrected chi connectivity index (χ3v) is 2.70. The summed E-state index contributed by atoms with van der Waals surface area (Å²) >= 11 is 0. The number of hydrogen-bond donors (Lipinski definition) is 1. The number of aromatic nitrogens is 1. The van der Waals surface area contributed by atoms with Gasteiger partial charge < -0.3 is 14.5 Å². The second-order valence-corrected chi connectivity index (χ2v) is 3.82. The van der Waals surface area contributed by atoms with Gasteiger partial charge in [0.15, 0.2) is 0 Å². The van der Waals surface area contributed by atoms with Crippen LogP contribution in [0.5, 0.6) is 11.6 Å². The van der Waals surface area contributed by atoms with Crippen LogP contribution < -0.4 is 10.1 Å². The van der Waals surface area contributed by atoms with Crippen molar-refractivity contribution in [2.75, 3.05) is 12.4 Å². The highest BCUT2D eigenvalue weighted by atomic mass is 16.5. The number of anilines is 1. The molecule has 0 amide bonds. The van der Waals surface area contributed by atoms with Gasteiger partial charge in [-0.15, -0.1) is 0 Å². The summed E-state index contributed by atoms with van der Waals surface area (Å²) in [5, 5.41) is 3.93. The highest BCUT2D eigenvalue weighted by Gasteiger charge is 2.06. The molecule has 3 rings (SSSR count). The fourth-order valence-electron chi connectivity index (χ4n) is 1.75. The number of rotatable bonds is 3. The van der Waals surface area contributed by atoms with Crippen LogP contribution >= 0.6 is 0 Å². The molecule has 18 heavy (non-hydrogen) atoms. The zero-order chi connectivity index (χ0) is 12.4. The Labute approximate surface area is 104 Å². The Balaban J connectivity index is 1.93. The number of ether oxygens (including phenoxy) is 1. The number of benzene rings is 1. The average molecular weight is 240 g/mol. The second kappa shape index (κ2) is 4.41. The first kappa shape index (κ1) is 10.7. The molecule has 1 N–H and O–H groups in total. The topological polar surface area (TPSA) is 47.3 Å². The lowest BCUT2D eigenvalue weighted by molar-refractivity contribution is 0.469. The summed E-state index contributed by atoms with van der Waals surface area (Å²) < 4.78 is 11.1. The van der Waals surface area contributed by atoms with E-state index in [1.165, 1.54) is 0 Å². The smallest absolute Gasteiger partial charge is 0.230 e. The van der Waals surface area contributed by atoms with Gasteiger partial charge in [0.05, 0.1) is 11.6 Å². The number of furan rings is 1. The fraction of sp³-hybridized carbons (Fsp3) is 0.0714. The van der Waals surface area contributed by atoms with Crippen LogP contribution in [0.3, 0.4) is 0 Å². The van der Waals surface area contributed by atoms with Gasteiger partial charge in [-0.2, -0.15) is 0 Å². The van der Waals surface area contributed by atoms with Gasteiger partial charge in [0.1, 0.15) is 11.3 Å². The lowest BCUT2D eigenvalue weighted by Gasteiger charge is -2.06. The van der Waals surface area contributed by atoms with Crippen LogP contribution in [-0.4, -0.2) is 12.0 Å². The predicted molar refractivity (Wildman–Crippen MR) is 70.1 cm³/mol.